The van der Waals surface area contributed by atoms with Crippen molar-refractivity contribution in [1.82, 2.24) is 0 Å². The van der Waals surface area contributed by atoms with E-state index in [-0.39, 0.29) is 5.82 Å². The van der Waals surface area contributed by atoms with Gasteiger partial charge in [0.05, 0.1) is 12.4 Å². The van der Waals surface area contributed by atoms with Crippen LogP contribution in [0.3, 0.4) is 0 Å². The lowest BCUT2D eigenvalue weighted by molar-refractivity contribution is 0.144. The molecule has 1 unspecified atom stereocenters. The summed E-state index contributed by atoms with van der Waals surface area (Å²) in [6, 6.07) is 21.9. The number of rotatable bonds is 4. The van der Waals surface area contributed by atoms with Crippen molar-refractivity contribution in [2.75, 3.05) is 0 Å². The number of aryl methyl sites for hydroxylation is 1. The summed E-state index contributed by atoms with van der Waals surface area (Å²) in [6.45, 7) is 4.21. The Morgan fingerprint density at radius 1 is 0.857 bits per heavy atom. The molecule has 1 atom stereocenters. The van der Waals surface area contributed by atoms with E-state index in [1.165, 1.54) is 16.7 Å². The summed E-state index contributed by atoms with van der Waals surface area (Å²) < 4.78 is 20.4. The molecule has 0 bridgehead atoms. The van der Waals surface area contributed by atoms with E-state index < -0.39 is 0 Å². The molecular formula is C26H25FO. The van der Waals surface area contributed by atoms with E-state index in [4.69, 9.17) is 4.74 Å². The fraction of sp³-hybridized carbons (Fsp3) is 0.231. The van der Waals surface area contributed by atoms with Gasteiger partial charge in [-0.15, -0.1) is 0 Å². The zero-order chi connectivity index (χ0) is 19.5. The van der Waals surface area contributed by atoms with Crippen molar-refractivity contribution in [3.05, 3.63) is 89.9 Å². The van der Waals surface area contributed by atoms with Gasteiger partial charge in [-0.1, -0.05) is 67.6 Å². The fourth-order valence-corrected chi connectivity index (χ4v) is 3.62. The van der Waals surface area contributed by atoms with Crippen molar-refractivity contribution < 1.29 is 9.13 Å². The SMILES string of the molecule is CCc1ccc(-c2ccc(-c3ccc(C4=COC(C)CC4)cc3)cc2F)cc1. The zero-order valence-electron chi connectivity index (χ0n) is 16.4. The maximum absolute atomic E-state index is 14.8. The summed E-state index contributed by atoms with van der Waals surface area (Å²) in [5, 5.41) is 0. The highest BCUT2D eigenvalue weighted by Crippen LogP contribution is 2.31. The lowest BCUT2D eigenvalue weighted by Crippen LogP contribution is -2.09. The molecule has 0 amide bonds. The van der Waals surface area contributed by atoms with Gasteiger partial charge in [-0.2, -0.15) is 0 Å². The molecule has 28 heavy (non-hydrogen) atoms. The van der Waals surface area contributed by atoms with E-state index in [1.807, 2.05) is 30.5 Å². The number of hydrogen-bond donors (Lipinski definition) is 0. The van der Waals surface area contributed by atoms with Crippen LogP contribution in [0, 0.1) is 5.82 Å². The molecule has 0 saturated carbocycles. The summed E-state index contributed by atoms with van der Waals surface area (Å²) in [7, 11) is 0. The molecule has 3 aromatic carbocycles. The normalized spacial score (nSPS) is 16.4. The second-order valence-corrected chi connectivity index (χ2v) is 7.45. The van der Waals surface area contributed by atoms with Gasteiger partial charge in [-0.3, -0.25) is 0 Å². The summed E-state index contributed by atoms with van der Waals surface area (Å²) in [5.41, 5.74) is 7.11. The predicted octanol–water partition coefficient (Wildman–Crippen LogP) is 7.26. The molecule has 1 heterocycles. The van der Waals surface area contributed by atoms with Gasteiger partial charge in [-0.05, 0) is 65.6 Å². The van der Waals surface area contributed by atoms with Crippen molar-refractivity contribution in [3.8, 4) is 22.3 Å². The Hall–Kier alpha value is -2.87. The largest absolute Gasteiger partial charge is 0.498 e. The lowest BCUT2D eigenvalue weighted by Gasteiger charge is -2.20. The van der Waals surface area contributed by atoms with Crippen molar-refractivity contribution >= 4 is 5.57 Å². The van der Waals surface area contributed by atoms with E-state index in [0.717, 1.165) is 36.0 Å². The third kappa shape index (κ3) is 3.87. The van der Waals surface area contributed by atoms with Crippen LogP contribution in [0.5, 0.6) is 0 Å². The smallest absolute Gasteiger partial charge is 0.131 e. The van der Waals surface area contributed by atoms with Gasteiger partial charge in [0, 0.05) is 5.56 Å². The van der Waals surface area contributed by atoms with Crippen molar-refractivity contribution in [2.24, 2.45) is 0 Å². The second kappa shape index (κ2) is 8.02. The number of allylic oxidation sites excluding steroid dienone is 1. The van der Waals surface area contributed by atoms with Gasteiger partial charge < -0.3 is 4.74 Å². The topological polar surface area (TPSA) is 9.23 Å². The number of hydrogen-bond acceptors (Lipinski definition) is 1. The van der Waals surface area contributed by atoms with Crippen LogP contribution in [0.15, 0.2) is 73.0 Å². The van der Waals surface area contributed by atoms with Crippen LogP contribution < -0.4 is 0 Å². The maximum atomic E-state index is 14.8. The Morgan fingerprint density at radius 3 is 2.11 bits per heavy atom. The Bertz CT molecular complexity index is 984. The standard InChI is InChI=1S/C26H25FO/c1-3-19-5-8-22(9-6-19)25-15-14-23(16-26(25)27)20-10-12-21(13-11-20)24-7-4-18(2)28-17-24/h5-6,8-18H,3-4,7H2,1-2H3. The Kier molecular flexibility index (Phi) is 5.29. The van der Waals surface area contributed by atoms with Gasteiger partial charge in [0.2, 0.25) is 0 Å². The first-order valence-corrected chi connectivity index (χ1v) is 9.98. The average molecular weight is 372 g/mol. The van der Waals surface area contributed by atoms with Crippen LogP contribution in [0.4, 0.5) is 4.39 Å². The average Bonchev–Trinajstić information content (AvgIpc) is 2.74. The third-order valence-corrected chi connectivity index (χ3v) is 5.49. The molecule has 0 aliphatic carbocycles. The lowest BCUT2D eigenvalue weighted by atomic mass is 9.95. The summed E-state index contributed by atoms with van der Waals surface area (Å²) >= 11 is 0. The van der Waals surface area contributed by atoms with Crippen LogP contribution in [-0.2, 0) is 11.2 Å². The highest BCUT2D eigenvalue weighted by Gasteiger charge is 2.13. The molecule has 0 N–H and O–H groups in total. The van der Waals surface area contributed by atoms with E-state index in [2.05, 4.69) is 50.2 Å². The highest BCUT2D eigenvalue weighted by atomic mass is 19.1. The molecule has 0 radical (unpaired) electrons. The Labute approximate surface area is 166 Å². The maximum Gasteiger partial charge on any atom is 0.131 e. The minimum Gasteiger partial charge on any atom is -0.498 e. The molecule has 2 heteroatoms. The summed E-state index contributed by atoms with van der Waals surface area (Å²) in [5.74, 6) is -0.191. The van der Waals surface area contributed by atoms with Gasteiger partial charge in [0.15, 0.2) is 0 Å². The molecule has 0 aromatic heterocycles. The molecule has 1 aliphatic rings. The second-order valence-electron chi connectivity index (χ2n) is 7.45. The van der Waals surface area contributed by atoms with Gasteiger partial charge in [-0.25, -0.2) is 4.39 Å². The highest BCUT2D eigenvalue weighted by molar-refractivity contribution is 5.73. The van der Waals surface area contributed by atoms with Crippen LogP contribution in [0.2, 0.25) is 0 Å². The number of ether oxygens (including phenoxy) is 1. The van der Waals surface area contributed by atoms with Crippen LogP contribution in [0.1, 0.15) is 37.8 Å². The summed E-state index contributed by atoms with van der Waals surface area (Å²) in [4.78, 5) is 0. The molecule has 1 aliphatic heterocycles. The first-order valence-electron chi connectivity index (χ1n) is 9.98. The number of benzene rings is 3. The van der Waals surface area contributed by atoms with Crippen LogP contribution in [0.25, 0.3) is 27.8 Å². The molecule has 0 saturated heterocycles. The minimum atomic E-state index is -0.191. The first kappa shape index (κ1) is 18.5. The minimum absolute atomic E-state index is 0.191. The molecule has 0 spiro atoms. The van der Waals surface area contributed by atoms with Crippen LogP contribution in [-0.4, -0.2) is 6.10 Å². The molecule has 0 fully saturated rings. The predicted molar refractivity (Wildman–Crippen MR) is 114 cm³/mol. The van der Waals surface area contributed by atoms with Crippen molar-refractivity contribution in [1.29, 1.82) is 0 Å². The van der Waals surface area contributed by atoms with E-state index in [1.54, 1.807) is 6.07 Å². The zero-order valence-corrected chi connectivity index (χ0v) is 16.4. The van der Waals surface area contributed by atoms with Gasteiger partial charge in [0.25, 0.3) is 0 Å². The van der Waals surface area contributed by atoms with Gasteiger partial charge in [0.1, 0.15) is 5.82 Å². The Morgan fingerprint density at radius 2 is 1.50 bits per heavy atom. The van der Waals surface area contributed by atoms with Crippen LogP contribution >= 0.6 is 0 Å². The van der Waals surface area contributed by atoms with E-state index in [9.17, 15) is 4.39 Å². The monoisotopic (exact) mass is 372 g/mol. The van der Waals surface area contributed by atoms with Crippen molar-refractivity contribution in [3.63, 3.8) is 0 Å². The summed E-state index contributed by atoms with van der Waals surface area (Å²) in [6.07, 6.45) is 5.23. The first-order chi connectivity index (χ1) is 13.6. The Balaban J connectivity index is 1.57. The molecule has 3 aromatic rings. The van der Waals surface area contributed by atoms with Crippen molar-refractivity contribution in [2.45, 2.75) is 39.2 Å². The molecule has 1 nitrogen and oxygen atoms in total. The van der Waals surface area contributed by atoms with E-state index >= 15 is 0 Å². The number of halogens is 1. The van der Waals surface area contributed by atoms with Gasteiger partial charge >= 0.3 is 0 Å². The molecule has 142 valence electrons. The molecule has 4 rings (SSSR count). The third-order valence-electron chi connectivity index (χ3n) is 5.49. The molecular weight excluding hydrogens is 347 g/mol. The quantitative estimate of drug-likeness (QED) is 0.468. The fourth-order valence-electron chi connectivity index (χ4n) is 3.62. The van der Waals surface area contributed by atoms with E-state index in [0.29, 0.717) is 11.7 Å².